The van der Waals surface area contributed by atoms with E-state index in [1.807, 2.05) is 7.05 Å². The van der Waals surface area contributed by atoms with Gasteiger partial charge in [0.25, 0.3) is 0 Å². The molecule has 1 aliphatic heterocycles. The van der Waals surface area contributed by atoms with Crippen molar-refractivity contribution in [2.24, 2.45) is 10.9 Å². The van der Waals surface area contributed by atoms with E-state index in [1.165, 1.54) is 30.4 Å². The van der Waals surface area contributed by atoms with Crippen LogP contribution < -0.4 is 10.6 Å². The quantitative estimate of drug-likeness (QED) is 0.480. The topological polar surface area (TPSA) is 45.7 Å². The minimum Gasteiger partial charge on any atom is -0.373 e. The zero-order chi connectivity index (χ0) is 16.5. The minimum atomic E-state index is 0.186. The van der Waals surface area contributed by atoms with Gasteiger partial charge in [-0.05, 0) is 31.7 Å². The number of nitrogens with zero attached hydrogens (tertiary/aromatic N) is 1. The fourth-order valence-electron chi connectivity index (χ4n) is 3.01. The number of ether oxygens (including phenoxy) is 1. The molecule has 0 radical (unpaired) electrons. The van der Waals surface area contributed by atoms with Gasteiger partial charge in [-0.2, -0.15) is 0 Å². The highest BCUT2D eigenvalue weighted by Gasteiger charge is 2.27. The maximum atomic E-state index is 6.08. The summed E-state index contributed by atoms with van der Waals surface area (Å²) in [5.74, 6) is 1.38. The normalized spacial score (nSPS) is 22.0. The summed E-state index contributed by atoms with van der Waals surface area (Å²) in [5, 5.41) is 6.84. The summed E-state index contributed by atoms with van der Waals surface area (Å²) in [7, 11) is 1.83. The molecule has 1 saturated heterocycles. The van der Waals surface area contributed by atoms with E-state index < -0.39 is 0 Å². The molecule has 1 heterocycles. The van der Waals surface area contributed by atoms with E-state index in [2.05, 4.69) is 53.7 Å². The van der Waals surface area contributed by atoms with E-state index in [9.17, 15) is 0 Å². The minimum absolute atomic E-state index is 0.186. The second-order valence-electron chi connectivity index (χ2n) is 6.34. The van der Waals surface area contributed by atoms with E-state index in [-0.39, 0.29) is 6.10 Å². The van der Waals surface area contributed by atoms with Crippen molar-refractivity contribution < 1.29 is 4.74 Å². The van der Waals surface area contributed by atoms with Gasteiger partial charge >= 0.3 is 0 Å². The number of unbranched alkanes of at least 4 members (excludes halogenated alkanes) is 1. The van der Waals surface area contributed by atoms with Crippen molar-refractivity contribution in [1.29, 1.82) is 0 Å². The molecule has 4 nitrogen and oxygen atoms in total. The van der Waals surface area contributed by atoms with Gasteiger partial charge < -0.3 is 15.4 Å². The largest absolute Gasteiger partial charge is 0.373 e. The van der Waals surface area contributed by atoms with Crippen LogP contribution in [0.1, 0.15) is 49.8 Å². The number of guanidine groups is 1. The van der Waals surface area contributed by atoms with Crippen molar-refractivity contribution in [1.82, 2.24) is 10.6 Å². The second-order valence-corrected chi connectivity index (χ2v) is 6.34. The summed E-state index contributed by atoms with van der Waals surface area (Å²) in [6, 6.07) is 8.74. The fourth-order valence-corrected chi connectivity index (χ4v) is 3.01. The van der Waals surface area contributed by atoms with Crippen LogP contribution in [0.5, 0.6) is 0 Å². The highest BCUT2D eigenvalue weighted by molar-refractivity contribution is 5.79. The first-order chi connectivity index (χ1) is 11.2. The lowest BCUT2D eigenvalue weighted by Crippen LogP contribution is -2.42. The summed E-state index contributed by atoms with van der Waals surface area (Å²) in [6.45, 7) is 7.04. The average molecular weight is 317 g/mol. The van der Waals surface area contributed by atoms with E-state index in [4.69, 9.17) is 4.74 Å². The number of rotatable bonds is 6. The van der Waals surface area contributed by atoms with Crippen LogP contribution in [0, 0.1) is 12.8 Å². The summed E-state index contributed by atoms with van der Waals surface area (Å²) >= 11 is 0. The lowest BCUT2D eigenvalue weighted by molar-refractivity contribution is -0.0265. The first-order valence-corrected chi connectivity index (χ1v) is 8.87. The highest BCUT2D eigenvalue weighted by Crippen LogP contribution is 2.33. The Bertz CT molecular complexity index is 484. The Labute approximate surface area is 140 Å². The number of benzene rings is 1. The predicted molar refractivity (Wildman–Crippen MR) is 96.9 cm³/mol. The molecule has 0 saturated carbocycles. The third kappa shape index (κ3) is 5.54. The Balaban J connectivity index is 1.92. The number of hydrogen-bond acceptors (Lipinski definition) is 2. The van der Waals surface area contributed by atoms with E-state index in [1.54, 1.807) is 0 Å². The van der Waals surface area contributed by atoms with Gasteiger partial charge in [-0.15, -0.1) is 0 Å². The third-order valence-corrected chi connectivity index (χ3v) is 4.43. The Morgan fingerprint density at radius 2 is 2.04 bits per heavy atom. The van der Waals surface area contributed by atoms with Crippen molar-refractivity contribution in [2.45, 2.75) is 45.6 Å². The zero-order valence-corrected chi connectivity index (χ0v) is 14.8. The Morgan fingerprint density at radius 3 is 2.74 bits per heavy atom. The highest BCUT2D eigenvalue weighted by atomic mass is 16.5. The van der Waals surface area contributed by atoms with Crippen LogP contribution in [0.3, 0.4) is 0 Å². The Hall–Kier alpha value is -1.55. The van der Waals surface area contributed by atoms with Gasteiger partial charge in [0.05, 0.1) is 6.10 Å². The lowest BCUT2D eigenvalue weighted by Gasteiger charge is -2.32. The van der Waals surface area contributed by atoms with Gasteiger partial charge in [-0.1, -0.05) is 43.2 Å². The molecule has 0 spiro atoms. The molecule has 0 amide bonds. The van der Waals surface area contributed by atoms with Crippen molar-refractivity contribution in [3.05, 3.63) is 35.4 Å². The second kappa shape index (κ2) is 9.56. The van der Waals surface area contributed by atoms with E-state index >= 15 is 0 Å². The zero-order valence-electron chi connectivity index (χ0n) is 14.8. The first-order valence-electron chi connectivity index (χ1n) is 8.87. The fraction of sp³-hybridized carbons (Fsp3) is 0.632. The predicted octanol–water partition coefficient (Wildman–Crippen LogP) is 3.43. The summed E-state index contributed by atoms with van der Waals surface area (Å²) in [6.07, 6.45) is 4.87. The summed E-state index contributed by atoms with van der Waals surface area (Å²) in [5.41, 5.74) is 2.58. The molecule has 2 N–H and O–H groups in total. The van der Waals surface area contributed by atoms with Gasteiger partial charge in [-0.25, -0.2) is 0 Å². The van der Waals surface area contributed by atoms with E-state index in [0.717, 1.165) is 32.1 Å². The maximum Gasteiger partial charge on any atom is 0.190 e. The smallest absolute Gasteiger partial charge is 0.190 e. The summed E-state index contributed by atoms with van der Waals surface area (Å²) in [4.78, 5) is 4.31. The SMILES string of the molecule is CCCCNC(=NC)NCC1CCCOC1c1ccc(C)cc1. The molecule has 1 aliphatic rings. The number of hydrogen-bond donors (Lipinski definition) is 2. The van der Waals surface area contributed by atoms with Gasteiger partial charge in [0, 0.05) is 32.7 Å². The summed E-state index contributed by atoms with van der Waals surface area (Å²) < 4.78 is 6.08. The molecule has 0 bridgehead atoms. The van der Waals surface area contributed by atoms with Crippen LogP contribution in [0.25, 0.3) is 0 Å². The molecule has 2 unspecified atom stereocenters. The monoisotopic (exact) mass is 317 g/mol. The molecule has 128 valence electrons. The van der Waals surface area contributed by atoms with Gasteiger partial charge in [0.15, 0.2) is 5.96 Å². The molecule has 0 aromatic heterocycles. The Morgan fingerprint density at radius 1 is 1.26 bits per heavy atom. The molecule has 2 rings (SSSR count). The van der Waals surface area contributed by atoms with Gasteiger partial charge in [-0.3, -0.25) is 4.99 Å². The molecule has 1 aromatic carbocycles. The lowest BCUT2D eigenvalue weighted by atomic mass is 9.89. The molecule has 23 heavy (non-hydrogen) atoms. The van der Waals surface area contributed by atoms with Crippen LogP contribution in [-0.4, -0.2) is 32.7 Å². The molecular weight excluding hydrogens is 286 g/mol. The molecule has 1 aromatic rings. The standard InChI is InChI=1S/C19H31N3O/c1-4-5-12-21-19(20-3)22-14-17-7-6-13-23-18(17)16-10-8-15(2)9-11-16/h8-11,17-18H,4-7,12-14H2,1-3H3,(H2,20,21,22). The number of aliphatic imine (C=N–C) groups is 1. The Kier molecular flexibility index (Phi) is 7.40. The molecule has 0 aliphatic carbocycles. The third-order valence-electron chi connectivity index (χ3n) is 4.43. The van der Waals surface area contributed by atoms with Crippen LogP contribution in [0.2, 0.25) is 0 Å². The van der Waals surface area contributed by atoms with Gasteiger partial charge in [0.1, 0.15) is 0 Å². The molecule has 1 fully saturated rings. The van der Waals surface area contributed by atoms with Crippen LogP contribution >= 0.6 is 0 Å². The van der Waals surface area contributed by atoms with Crippen molar-refractivity contribution in [3.63, 3.8) is 0 Å². The maximum absolute atomic E-state index is 6.08. The van der Waals surface area contributed by atoms with Gasteiger partial charge in [0.2, 0.25) is 0 Å². The molecule has 4 heteroatoms. The van der Waals surface area contributed by atoms with E-state index in [0.29, 0.717) is 5.92 Å². The average Bonchev–Trinajstić information content (AvgIpc) is 2.59. The van der Waals surface area contributed by atoms with Crippen molar-refractivity contribution in [2.75, 3.05) is 26.7 Å². The number of nitrogens with one attached hydrogen (secondary N) is 2. The van der Waals surface area contributed by atoms with Crippen molar-refractivity contribution in [3.8, 4) is 0 Å². The number of aryl methyl sites for hydroxylation is 1. The first kappa shape index (κ1) is 17.8. The van der Waals surface area contributed by atoms with Crippen LogP contribution in [0.15, 0.2) is 29.3 Å². The van der Waals surface area contributed by atoms with Crippen LogP contribution in [-0.2, 0) is 4.74 Å². The van der Waals surface area contributed by atoms with Crippen molar-refractivity contribution >= 4 is 5.96 Å². The molecular formula is C19H31N3O. The molecule has 2 atom stereocenters. The van der Waals surface area contributed by atoms with Crippen LogP contribution in [0.4, 0.5) is 0 Å².